The van der Waals surface area contributed by atoms with Gasteiger partial charge in [0.2, 0.25) is 0 Å². The molecule has 11 rings (SSSR count). The lowest BCUT2D eigenvalue weighted by molar-refractivity contribution is 0.660. The van der Waals surface area contributed by atoms with E-state index in [4.69, 9.17) is 8.83 Å². The van der Waals surface area contributed by atoms with E-state index >= 15 is 0 Å². The number of hydrogen-bond acceptors (Lipinski definition) is 3. The second kappa shape index (κ2) is 11.6. The first-order chi connectivity index (χ1) is 26.5. The lowest BCUT2D eigenvalue weighted by Gasteiger charge is -2.28. The zero-order valence-electron chi connectivity index (χ0n) is 30.0. The molecule has 8 aromatic carbocycles. The largest absolute Gasteiger partial charge is 0.456 e. The molecule has 2 aromatic heterocycles. The maximum atomic E-state index is 6.56. The Balaban J connectivity index is 1.08. The lowest BCUT2D eigenvalue weighted by Crippen LogP contribution is -2.16. The normalized spacial score (nSPS) is 13.1. The van der Waals surface area contributed by atoms with Crippen LogP contribution in [0.5, 0.6) is 0 Å². The Labute approximate surface area is 313 Å². The van der Waals surface area contributed by atoms with E-state index in [0.717, 1.165) is 66.5 Å². The molecular formula is C51H35NO2. The molecule has 3 nitrogen and oxygen atoms in total. The highest BCUT2D eigenvalue weighted by molar-refractivity contribution is 6.15. The van der Waals surface area contributed by atoms with E-state index in [1.54, 1.807) is 0 Å². The van der Waals surface area contributed by atoms with E-state index in [2.05, 4.69) is 189 Å². The van der Waals surface area contributed by atoms with Crippen molar-refractivity contribution in [3.8, 4) is 33.4 Å². The van der Waals surface area contributed by atoms with Crippen LogP contribution in [0.25, 0.3) is 77.3 Å². The molecule has 0 atom stereocenters. The molecule has 10 aromatic rings. The molecule has 1 aliphatic rings. The van der Waals surface area contributed by atoms with Gasteiger partial charge in [-0.25, -0.2) is 0 Å². The molecule has 0 aliphatic heterocycles. The third-order valence-corrected chi connectivity index (χ3v) is 11.4. The van der Waals surface area contributed by atoms with E-state index in [9.17, 15) is 0 Å². The van der Waals surface area contributed by atoms with Crippen LogP contribution in [-0.2, 0) is 5.41 Å². The molecule has 54 heavy (non-hydrogen) atoms. The number of rotatable bonds is 5. The van der Waals surface area contributed by atoms with E-state index in [1.807, 2.05) is 6.07 Å². The van der Waals surface area contributed by atoms with Crippen molar-refractivity contribution in [2.45, 2.75) is 19.3 Å². The van der Waals surface area contributed by atoms with Crippen molar-refractivity contribution >= 4 is 60.9 Å². The fourth-order valence-electron chi connectivity index (χ4n) is 8.72. The molecular weight excluding hydrogens is 659 g/mol. The summed E-state index contributed by atoms with van der Waals surface area (Å²) in [4.78, 5) is 2.38. The second-order valence-electron chi connectivity index (χ2n) is 15.0. The van der Waals surface area contributed by atoms with E-state index in [-0.39, 0.29) is 5.41 Å². The van der Waals surface area contributed by atoms with Gasteiger partial charge >= 0.3 is 0 Å². The van der Waals surface area contributed by atoms with Crippen molar-refractivity contribution in [2.75, 3.05) is 4.90 Å². The predicted molar refractivity (Wildman–Crippen MR) is 224 cm³/mol. The third-order valence-electron chi connectivity index (χ3n) is 11.4. The highest BCUT2D eigenvalue weighted by atomic mass is 16.3. The van der Waals surface area contributed by atoms with E-state index in [1.165, 1.54) is 38.9 Å². The minimum atomic E-state index is -0.121. The molecule has 0 amide bonds. The highest BCUT2D eigenvalue weighted by Gasteiger charge is 2.35. The molecule has 0 fully saturated rings. The van der Waals surface area contributed by atoms with Crippen LogP contribution in [0.2, 0.25) is 0 Å². The zero-order valence-corrected chi connectivity index (χ0v) is 30.0. The van der Waals surface area contributed by atoms with Gasteiger partial charge in [-0.15, -0.1) is 0 Å². The van der Waals surface area contributed by atoms with Crippen molar-refractivity contribution in [1.82, 2.24) is 0 Å². The molecule has 256 valence electrons. The summed E-state index contributed by atoms with van der Waals surface area (Å²) in [5.74, 6) is 0. The second-order valence-corrected chi connectivity index (χ2v) is 15.0. The first-order valence-electron chi connectivity index (χ1n) is 18.6. The van der Waals surface area contributed by atoms with Gasteiger partial charge in [0.25, 0.3) is 0 Å². The first kappa shape index (κ1) is 30.8. The quantitative estimate of drug-likeness (QED) is 0.180. The maximum absolute atomic E-state index is 6.56. The van der Waals surface area contributed by atoms with E-state index in [0.29, 0.717) is 0 Å². The molecule has 3 heteroatoms. The Kier molecular flexibility index (Phi) is 6.60. The number of anilines is 3. The topological polar surface area (TPSA) is 29.5 Å². The number of nitrogens with zero attached hydrogens (tertiary/aromatic N) is 1. The summed E-state index contributed by atoms with van der Waals surface area (Å²) in [7, 11) is 0. The molecule has 0 unspecified atom stereocenters. The average Bonchev–Trinajstić information content (AvgIpc) is 3.84. The number of hydrogen-bond donors (Lipinski definition) is 0. The van der Waals surface area contributed by atoms with Crippen molar-refractivity contribution in [1.29, 1.82) is 0 Å². The van der Waals surface area contributed by atoms with Gasteiger partial charge in [0.1, 0.15) is 22.3 Å². The molecule has 1 aliphatic carbocycles. The van der Waals surface area contributed by atoms with Gasteiger partial charge in [0, 0.05) is 44.0 Å². The lowest BCUT2D eigenvalue weighted by atomic mass is 9.82. The smallest absolute Gasteiger partial charge is 0.136 e. The SMILES string of the molecule is CC1(C)c2ccccc2-c2ccc(N(c3cccc(-c4ccccc4)c3)c3ccc4oc5cc6c(cc5c4c3)oc3cc(-c4ccccc4)ccc36)cc21. The van der Waals surface area contributed by atoms with Crippen LogP contribution in [0, 0.1) is 0 Å². The summed E-state index contributed by atoms with van der Waals surface area (Å²) in [5, 5.41) is 4.22. The van der Waals surface area contributed by atoms with Gasteiger partial charge in [0.05, 0.1) is 0 Å². The molecule has 0 saturated heterocycles. The summed E-state index contributed by atoms with van der Waals surface area (Å²) in [6.07, 6.45) is 0. The van der Waals surface area contributed by atoms with Crippen LogP contribution in [0.15, 0.2) is 185 Å². The van der Waals surface area contributed by atoms with Gasteiger partial charge in [-0.2, -0.15) is 0 Å². The Bertz CT molecular complexity index is 3080. The Morgan fingerprint density at radius 3 is 1.69 bits per heavy atom. The molecule has 0 N–H and O–H groups in total. The van der Waals surface area contributed by atoms with Crippen LogP contribution in [0.1, 0.15) is 25.0 Å². The number of fused-ring (bicyclic) bond motifs is 9. The fourth-order valence-corrected chi connectivity index (χ4v) is 8.72. The Morgan fingerprint density at radius 1 is 0.352 bits per heavy atom. The fraction of sp³-hybridized carbons (Fsp3) is 0.0588. The first-order valence-corrected chi connectivity index (χ1v) is 18.6. The third kappa shape index (κ3) is 4.68. The molecule has 0 spiro atoms. The Morgan fingerprint density at radius 2 is 0.907 bits per heavy atom. The van der Waals surface area contributed by atoms with Gasteiger partial charge < -0.3 is 13.7 Å². The standard InChI is InChI=1S/C51H35NO2/c1-51(2)45-19-10-9-18-39(45)40-24-21-38(29-46(40)51)52(36-17-11-16-34(26-36)32-12-5-3-6-13-32)37-22-25-47-42(28-37)44-31-49-43(30-50(44)53-47)41-23-20-35(27-48(41)54-49)33-14-7-4-8-15-33/h3-31H,1-2H3. The van der Waals surface area contributed by atoms with Crippen LogP contribution in [0.4, 0.5) is 17.1 Å². The van der Waals surface area contributed by atoms with Gasteiger partial charge in [-0.3, -0.25) is 0 Å². The van der Waals surface area contributed by atoms with Crippen LogP contribution in [-0.4, -0.2) is 0 Å². The summed E-state index contributed by atoms with van der Waals surface area (Å²) < 4.78 is 13.1. The van der Waals surface area contributed by atoms with Crippen LogP contribution in [0.3, 0.4) is 0 Å². The van der Waals surface area contributed by atoms with Crippen molar-refractivity contribution < 1.29 is 8.83 Å². The average molecular weight is 694 g/mol. The van der Waals surface area contributed by atoms with Crippen molar-refractivity contribution in [3.63, 3.8) is 0 Å². The number of furan rings is 2. The van der Waals surface area contributed by atoms with Crippen LogP contribution < -0.4 is 4.90 Å². The minimum absolute atomic E-state index is 0.121. The predicted octanol–water partition coefficient (Wildman–Crippen LogP) is 14.6. The molecule has 0 radical (unpaired) electrons. The highest BCUT2D eigenvalue weighted by Crippen LogP contribution is 2.51. The molecule has 0 saturated carbocycles. The van der Waals surface area contributed by atoms with Crippen LogP contribution >= 0.6 is 0 Å². The van der Waals surface area contributed by atoms with Gasteiger partial charge in [-0.05, 0) is 111 Å². The van der Waals surface area contributed by atoms with Crippen molar-refractivity contribution in [2.24, 2.45) is 0 Å². The zero-order chi connectivity index (χ0) is 36.0. The summed E-state index contributed by atoms with van der Waals surface area (Å²) in [6.45, 7) is 4.68. The Hall–Kier alpha value is -6.84. The summed E-state index contributed by atoms with van der Waals surface area (Å²) >= 11 is 0. The summed E-state index contributed by atoms with van der Waals surface area (Å²) in [5.41, 5.74) is 16.5. The van der Waals surface area contributed by atoms with E-state index < -0.39 is 0 Å². The number of benzene rings is 8. The van der Waals surface area contributed by atoms with Gasteiger partial charge in [-0.1, -0.05) is 123 Å². The maximum Gasteiger partial charge on any atom is 0.136 e. The monoisotopic (exact) mass is 693 g/mol. The van der Waals surface area contributed by atoms with Crippen molar-refractivity contribution in [3.05, 3.63) is 187 Å². The minimum Gasteiger partial charge on any atom is -0.456 e. The van der Waals surface area contributed by atoms with Gasteiger partial charge in [0.15, 0.2) is 0 Å². The summed E-state index contributed by atoms with van der Waals surface area (Å²) in [6, 6.07) is 63.0. The molecule has 0 bridgehead atoms. The molecule has 2 heterocycles.